The Morgan fingerprint density at radius 3 is 2.88 bits per heavy atom. The van der Waals surface area contributed by atoms with E-state index in [4.69, 9.17) is 0 Å². The summed E-state index contributed by atoms with van der Waals surface area (Å²) in [6.07, 6.45) is 2.28. The minimum Gasteiger partial charge on any atom is -0.293 e. The van der Waals surface area contributed by atoms with Gasteiger partial charge in [-0.1, -0.05) is 0 Å². The highest BCUT2D eigenvalue weighted by atomic mass is 79.9. The summed E-state index contributed by atoms with van der Waals surface area (Å²) < 4.78 is 2.83. The first-order valence-corrected chi connectivity index (χ1v) is 7.05. The molecule has 2 aromatic heterocycles. The average Bonchev–Trinajstić information content (AvgIpc) is 2.86. The molecule has 17 heavy (non-hydrogen) atoms. The number of ketones is 1. The number of halogens is 1. The minimum absolute atomic E-state index is 0.120. The van der Waals surface area contributed by atoms with E-state index in [-0.39, 0.29) is 5.78 Å². The summed E-state index contributed by atoms with van der Waals surface area (Å²) in [6, 6.07) is 4.09. The Balaban J connectivity index is 2.07. The van der Waals surface area contributed by atoms with Crippen molar-refractivity contribution in [3.05, 3.63) is 38.8 Å². The highest BCUT2D eigenvalue weighted by Crippen LogP contribution is 2.21. The van der Waals surface area contributed by atoms with Crippen LogP contribution in [0, 0.1) is 0 Å². The van der Waals surface area contributed by atoms with Crippen molar-refractivity contribution >= 4 is 33.0 Å². The number of carbonyl (C=O) groups excluding carboxylic acids is 1. The monoisotopic (exact) mass is 312 g/mol. The van der Waals surface area contributed by atoms with Gasteiger partial charge in [0, 0.05) is 22.1 Å². The van der Waals surface area contributed by atoms with Crippen molar-refractivity contribution in [2.75, 3.05) is 0 Å². The first kappa shape index (κ1) is 12.5. The predicted molar refractivity (Wildman–Crippen MR) is 72.7 cm³/mol. The van der Waals surface area contributed by atoms with Crippen molar-refractivity contribution in [1.82, 2.24) is 9.78 Å². The molecule has 2 aromatic rings. The van der Waals surface area contributed by atoms with Crippen molar-refractivity contribution in [3.8, 4) is 0 Å². The Hall–Kier alpha value is -0.940. The van der Waals surface area contributed by atoms with Gasteiger partial charge in [0.05, 0.1) is 17.0 Å². The highest BCUT2D eigenvalue weighted by Gasteiger charge is 2.11. The van der Waals surface area contributed by atoms with Gasteiger partial charge in [0.2, 0.25) is 0 Å². The molecule has 0 atom stereocenters. The van der Waals surface area contributed by atoms with Crippen LogP contribution >= 0.6 is 27.3 Å². The van der Waals surface area contributed by atoms with Crippen LogP contribution in [0.5, 0.6) is 0 Å². The van der Waals surface area contributed by atoms with Crippen molar-refractivity contribution in [2.45, 2.75) is 26.3 Å². The molecular formula is C12H13BrN2OS. The number of hydrogen-bond acceptors (Lipinski definition) is 3. The molecule has 5 heteroatoms. The second kappa shape index (κ2) is 5.14. The van der Waals surface area contributed by atoms with E-state index in [1.807, 2.05) is 28.4 Å². The fraction of sp³-hybridized carbons (Fsp3) is 0.333. The number of rotatable bonds is 4. The molecule has 0 amide bonds. The summed E-state index contributed by atoms with van der Waals surface area (Å²) in [4.78, 5) is 12.7. The van der Waals surface area contributed by atoms with E-state index in [0.717, 1.165) is 15.0 Å². The minimum atomic E-state index is 0.120. The maximum atomic E-state index is 11.9. The summed E-state index contributed by atoms with van der Waals surface area (Å²) >= 11 is 4.81. The van der Waals surface area contributed by atoms with Gasteiger partial charge < -0.3 is 0 Å². The highest BCUT2D eigenvalue weighted by molar-refractivity contribution is 9.10. The molecule has 2 rings (SSSR count). The second-order valence-corrected chi connectivity index (χ2v) is 5.94. The van der Waals surface area contributed by atoms with Gasteiger partial charge in [-0.05, 0) is 41.9 Å². The number of nitrogens with zero attached hydrogens (tertiary/aromatic N) is 2. The van der Waals surface area contributed by atoms with E-state index in [0.29, 0.717) is 12.5 Å². The van der Waals surface area contributed by atoms with Crippen LogP contribution in [-0.2, 0) is 6.42 Å². The Bertz CT molecular complexity index is 530. The lowest BCUT2D eigenvalue weighted by molar-refractivity contribution is 0.0995. The summed E-state index contributed by atoms with van der Waals surface area (Å²) in [5.41, 5.74) is 0.827. The zero-order valence-corrected chi connectivity index (χ0v) is 12.1. The molecule has 0 saturated carbocycles. The van der Waals surface area contributed by atoms with E-state index < -0.39 is 0 Å². The van der Waals surface area contributed by atoms with E-state index in [2.05, 4.69) is 34.9 Å². The van der Waals surface area contributed by atoms with Gasteiger partial charge in [0.15, 0.2) is 5.78 Å². The van der Waals surface area contributed by atoms with Crippen LogP contribution in [0.3, 0.4) is 0 Å². The predicted octanol–water partition coefficient (Wildman–Crippen LogP) is 3.71. The van der Waals surface area contributed by atoms with Crippen LogP contribution in [0.1, 0.15) is 35.3 Å². The standard InChI is InChI=1S/C12H13BrN2OS/c1-8(2)15-4-3-10(14-15)6-11(16)12-5-9(13)7-17-12/h3-5,7-8H,6H2,1-2H3. The lowest BCUT2D eigenvalue weighted by atomic mass is 10.2. The third-order valence-corrected chi connectivity index (χ3v) is 4.11. The maximum Gasteiger partial charge on any atom is 0.178 e. The Morgan fingerprint density at radius 1 is 1.59 bits per heavy atom. The van der Waals surface area contributed by atoms with Crippen molar-refractivity contribution < 1.29 is 4.79 Å². The van der Waals surface area contributed by atoms with Crippen LogP contribution in [0.2, 0.25) is 0 Å². The molecule has 2 heterocycles. The third-order valence-electron chi connectivity index (χ3n) is 2.38. The second-order valence-electron chi connectivity index (χ2n) is 4.11. The third kappa shape index (κ3) is 3.04. The first-order chi connectivity index (χ1) is 8.06. The molecule has 0 fully saturated rings. The van der Waals surface area contributed by atoms with Crippen LogP contribution in [-0.4, -0.2) is 15.6 Å². The van der Waals surface area contributed by atoms with Gasteiger partial charge in [-0.3, -0.25) is 9.48 Å². The van der Waals surface area contributed by atoms with Gasteiger partial charge >= 0.3 is 0 Å². The van der Waals surface area contributed by atoms with Gasteiger partial charge in [-0.25, -0.2) is 0 Å². The zero-order chi connectivity index (χ0) is 12.4. The van der Waals surface area contributed by atoms with E-state index in [1.165, 1.54) is 11.3 Å². The molecule has 0 saturated heterocycles. The van der Waals surface area contributed by atoms with Crippen molar-refractivity contribution in [2.24, 2.45) is 0 Å². The molecule has 90 valence electrons. The molecular weight excluding hydrogens is 300 g/mol. The topological polar surface area (TPSA) is 34.9 Å². The van der Waals surface area contributed by atoms with Gasteiger partial charge in [-0.2, -0.15) is 5.10 Å². The Kier molecular flexibility index (Phi) is 3.79. The molecule has 0 N–H and O–H groups in total. The van der Waals surface area contributed by atoms with E-state index >= 15 is 0 Å². The summed E-state index contributed by atoms with van der Waals surface area (Å²) in [5, 5.41) is 6.29. The molecule has 0 aliphatic heterocycles. The van der Waals surface area contributed by atoms with Crippen LogP contribution in [0.4, 0.5) is 0 Å². The SMILES string of the molecule is CC(C)n1ccc(CC(=O)c2cc(Br)cs2)n1. The fourth-order valence-electron chi connectivity index (χ4n) is 1.47. The average molecular weight is 313 g/mol. The lowest BCUT2D eigenvalue weighted by Crippen LogP contribution is -2.05. The molecule has 0 bridgehead atoms. The number of aromatic nitrogens is 2. The molecule has 3 nitrogen and oxygen atoms in total. The van der Waals surface area contributed by atoms with Crippen LogP contribution < -0.4 is 0 Å². The molecule has 0 aliphatic rings. The number of thiophene rings is 1. The maximum absolute atomic E-state index is 11.9. The Morgan fingerprint density at radius 2 is 2.35 bits per heavy atom. The van der Waals surface area contributed by atoms with Gasteiger partial charge in [0.1, 0.15) is 0 Å². The van der Waals surface area contributed by atoms with Crippen LogP contribution in [0.15, 0.2) is 28.2 Å². The molecule has 0 spiro atoms. The summed E-state index contributed by atoms with van der Waals surface area (Å²) in [7, 11) is 0. The summed E-state index contributed by atoms with van der Waals surface area (Å²) in [5.74, 6) is 0.120. The zero-order valence-electron chi connectivity index (χ0n) is 9.68. The molecule has 0 radical (unpaired) electrons. The first-order valence-electron chi connectivity index (χ1n) is 5.37. The number of hydrogen-bond donors (Lipinski definition) is 0. The van der Waals surface area contributed by atoms with E-state index in [1.54, 1.807) is 0 Å². The van der Waals surface area contributed by atoms with Gasteiger partial charge in [-0.15, -0.1) is 11.3 Å². The molecule has 0 aliphatic carbocycles. The number of Topliss-reactive ketones (excluding diaryl/α,β-unsaturated/α-hetero) is 1. The fourth-order valence-corrected chi connectivity index (χ4v) is 2.84. The van der Waals surface area contributed by atoms with Crippen molar-refractivity contribution in [1.29, 1.82) is 0 Å². The quantitative estimate of drug-likeness (QED) is 0.807. The van der Waals surface area contributed by atoms with Crippen molar-refractivity contribution in [3.63, 3.8) is 0 Å². The largest absolute Gasteiger partial charge is 0.293 e. The Labute approximate surface area is 113 Å². The normalized spacial score (nSPS) is 11.1. The lowest BCUT2D eigenvalue weighted by Gasteiger charge is -2.03. The number of carbonyl (C=O) groups is 1. The summed E-state index contributed by atoms with van der Waals surface area (Å²) in [6.45, 7) is 4.13. The molecule has 0 aromatic carbocycles. The van der Waals surface area contributed by atoms with Gasteiger partial charge in [0.25, 0.3) is 0 Å². The van der Waals surface area contributed by atoms with Crippen LogP contribution in [0.25, 0.3) is 0 Å². The van der Waals surface area contributed by atoms with E-state index in [9.17, 15) is 4.79 Å². The molecule has 0 unspecified atom stereocenters. The smallest absolute Gasteiger partial charge is 0.178 e.